The third-order valence-electron chi connectivity index (χ3n) is 2.77. The lowest BCUT2D eigenvalue weighted by Crippen LogP contribution is -1.89. The van der Waals surface area contributed by atoms with Gasteiger partial charge in [0.05, 0.1) is 9.85 Å². The van der Waals surface area contributed by atoms with Gasteiger partial charge in [0.1, 0.15) is 0 Å². The highest BCUT2D eigenvalue weighted by Crippen LogP contribution is 2.27. The fourth-order valence-corrected chi connectivity index (χ4v) is 1.69. The van der Waals surface area contributed by atoms with Gasteiger partial charge in [0.15, 0.2) is 5.75 Å². The Balaban J connectivity index is 2.23. The first-order valence-electron chi connectivity index (χ1n) is 5.87. The molecule has 0 aliphatic heterocycles. The van der Waals surface area contributed by atoms with Crippen molar-refractivity contribution in [3.05, 3.63) is 73.8 Å². The lowest BCUT2D eigenvalue weighted by atomic mass is 10.1. The first-order valence-corrected chi connectivity index (χ1v) is 5.87. The van der Waals surface area contributed by atoms with Crippen molar-refractivity contribution >= 4 is 23.5 Å². The van der Waals surface area contributed by atoms with E-state index in [1.807, 2.05) is 0 Å². The van der Waals surface area contributed by atoms with Crippen LogP contribution < -0.4 is 0 Å². The molecule has 7 heteroatoms. The van der Waals surface area contributed by atoms with E-state index in [1.54, 1.807) is 24.3 Å². The van der Waals surface area contributed by atoms with Gasteiger partial charge in [-0.25, -0.2) is 0 Å². The van der Waals surface area contributed by atoms with E-state index in [9.17, 15) is 25.3 Å². The zero-order valence-corrected chi connectivity index (χ0v) is 10.7. The minimum absolute atomic E-state index is 0.00702. The molecule has 0 atom stereocenters. The van der Waals surface area contributed by atoms with Gasteiger partial charge in [-0.3, -0.25) is 20.2 Å². The first kappa shape index (κ1) is 14.2. The van der Waals surface area contributed by atoms with E-state index < -0.39 is 15.6 Å². The van der Waals surface area contributed by atoms with Crippen LogP contribution in [0.3, 0.4) is 0 Å². The quantitative estimate of drug-likeness (QED) is 0.526. The first-order chi connectivity index (χ1) is 9.97. The molecular weight excluding hydrogens is 276 g/mol. The Morgan fingerprint density at radius 2 is 1.43 bits per heavy atom. The Labute approximate surface area is 119 Å². The van der Waals surface area contributed by atoms with Crippen molar-refractivity contribution in [2.45, 2.75) is 0 Å². The summed E-state index contributed by atoms with van der Waals surface area (Å²) in [5.74, 6) is -0.396. The predicted octanol–water partition coefficient (Wildman–Crippen LogP) is 3.38. The van der Waals surface area contributed by atoms with Crippen molar-refractivity contribution in [2.24, 2.45) is 0 Å². The average molecular weight is 286 g/mol. The van der Waals surface area contributed by atoms with Gasteiger partial charge in [-0.15, -0.1) is 0 Å². The number of non-ortho nitro benzene ring substituents is 1. The maximum atomic E-state index is 10.7. The molecule has 2 rings (SSSR count). The van der Waals surface area contributed by atoms with Crippen LogP contribution in [0.5, 0.6) is 5.75 Å². The van der Waals surface area contributed by atoms with Crippen LogP contribution in [0.4, 0.5) is 11.4 Å². The summed E-state index contributed by atoms with van der Waals surface area (Å²) < 4.78 is 0. The maximum absolute atomic E-state index is 10.7. The van der Waals surface area contributed by atoms with Crippen molar-refractivity contribution in [3.63, 3.8) is 0 Å². The van der Waals surface area contributed by atoms with Crippen molar-refractivity contribution < 1.29 is 15.0 Å². The second kappa shape index (κ2) is 5.83. The summed E-state index contributed by atoms with van der Waals surface area (Å²) in [6.07, 6.45) is 3.29. The molecule has 0 saturated heterocycles. The van der Waals surface area contributed by atoms with Crippen LogP contribution in [0.2, 0.25) is 0 Å². The lowest BCUT2D eigenvalue weighted by Gasteiger charge is -1.98. The fraction of sp³-hybridized carbons (Fsp3) is 0. The van der Waals surface area contributed by atoms with Crippen LogP contribution in [0.1, 0.15) is 11.1 Å². The van der Waals surface area contributed by atoms with E-state index in [4.69, 9.17) is 0 Å². The van der Waals surface area contributed by atoms with Gasteiger partial charge in [0.25, 0.3) is 5.69 Å². The monoisotopic (exact) mass is 286 g/mol. The molecule has 0 unspecified atom stereocenters. The number of nitrogens with zero attached hydrogens (tertiary/aromatic N) is 2. The number of nitro benzene ring substituents is 2. The largest absolute Gasteiger partial charge is 0.502 e. The summed E-state index contributed by atoms with van der Waals surface area (Å²) >= 11 is 0. The van der Waals surface area contributed by atoms with Crippen LogP contribution >= 0.6 is 0 Å². The van der Waals surface area contributed by atoms with Crippen molar-refractivity contribution in [2.75, 3.05) is 0 Å². The van der Waals surface area contributed by atoms with E-state index in [-0.39, 0.29) is 11.4 Å². The normalized spacial score (nSPS) is 10.7. The molecule has 0 aromatic heterocycles. The van der Waals surface area contributed by atoms with Crippen LogP contribution in [0.25, 0.3) is 12.2 Å². The zero-order chi connectivity index (χ0) is 15.4. The molecule has 2 aromatic rings. The number of aromatic hydroxyl groups is 1. The summed E-state index contributed by atoms with van der Waals surface area (Å²) in [6, 6.07) is 9.92. The summed E-state index contributed by atoms with van der Waals surface area (Å²) in [4.78, 5) is 20.1. The summed E-state index contributed by atoms with van der Waals surface area (Å²) in [5.41, 5.74) is 0.877. The molecule has 0 heterocycles. The molecule has 7 nitrogen and oxygen atoms in total. The van der Waals surface area contributed by atoms with Gasteiger partial charge in [-0.2, -0.15) is 0 Å². The smallest absolute Gasteiger partial charge is 0.311 e. The third-order valence-corrected chi connectivity index (χ3v) is 2.77. The molecule has 1 N–H and O–H groups in total. The maximum Gasteiger partial charge on any atom is 0.311 e. The van der Waals surface area contributed by atoms with Crippen LogP contribution in [-0.4, -0.2) is 15.0 Å². The van der Waals surface area contributed by atoms with E-state index in [1.165, 1.54) is 30.3 Å². The minimum Gasteiger partial charge on any atom is -0.502 e. The van der Waals surface area contributed by atoms with Gasteiger partial charge >= 0.3 is 5.69 Å². The SMILES string of the molecule is O=[N+]([O-])c1ccc(C=Cc2ccc(O)c([N+](=O)[O-])c2)cc1. The highest BCUT2D eigenvalue weighted by Gasteiger charge is 2.12. The van der Waals surface area contributed by atoms with Crippen molar-refractivity contribution in [3.8, 4) is 5.75 Å². The Bertz CT molecular complexity index is 723. The number of hydrogen-bond donors (Lipinski definition) is 1. The molecule has 0 amide bonds. The fourth-order valence-electron chi connectivity index (χ4n) is 1.69. The Morgan fingerprint density at radius 1 is 0.857 bits per heavy atom. The summed E-state index contributed by atoms with van der Waals surface area (Å²) in [7, 11) is 0. The molecule has 106 valence electrons. The Morgan fingerprint density at radius 3 is 2.00 bits per heavy atom. The molecule has 0 fully saturated rings. The van der Waals surface area contributed by atoms with Crippen LogP contribution in [0.15, 0.2) is 42.5 Å². The van der Waals surface area contributed by atoms with Gasteiger partial charge in [-0.1, -0.05) is 18.2 Å². The predicted molar refractivity (Wildman–Crippen MR) is 76.8 cm³/mol. The minimum atomic E-state index is -0.668. The van der Waals surface area contributed by atoms with Gasteiger partial charge in [0, 0.05) is 18.2 Å². The molecule has 21 heavy (non-hydrogen) atoms. The third kappa shape index (κ3) is 3.41. The highest BCUT2D eigenvalue weighted by atomic mass is 16.6. The zero-order valence-electron chi connectivity index (χ0n) is 10.7. The number of phenols is 1. The van der Waals surface area contributed by atoms with Crippen molar-refractivity contribution in [1.29, 1.82) is 0 Å². The molecule has 2 aromatic carbocycles. The molecule has 0 spiro atoms. The summed E-state index contributed by atoms with van der Waals surface area (Å²) in [6.45, 7) is 0. The molecule has 0 aliphatic carbocycles. The number of hydrogen-bond acceptors (Lipinski definition) is 5. The molecule has 0 saturated carbocycles. The molecule has 0 radical (unpaired) electrons. The number of nitro groups is 2. The molecule has 0 bridgehead atoms. The molecular formula is C14H10N2O5. The second-order valence-corrected chi connectivity index (χ2v) is 4.19. The highest BCUT2D eigenvalue weighted by molar-refractivity contribution is 5.71. The molecule has 0 aliphatic rings. The summed E-state index contributed by atoms with van der Waals surface area (Å²) in [5, 5.41) is 30.6. The van der Waals surface area contributed by atoms with Gasteiger partial charge in [-0.05, 0) is 29.3 Å². The van der Waals surface area contributed by atoms with E-state index in [2.05, 4.69) is 0 Å². The average Bonchev–Trinajstić information content (AvgIpc) is 2.46. The van der Waals surface area contributed by atoms with Gasteiger partial charge < -0.3 is 5.11 Å². The topological polar surface area (TPSA) is 107 Å². The Kier molecular flexibility index (Phi) is 3.94. The second-order valence-electron chi connectivity index (χ2n) is 4.19. The van der Waals surface area contributed by atoms with E-state index >= 15 is 0 Å². The van der Waals surface area contributed by atoms with Crippen LogP contribution in [0, 0.1) is 20.2 Å². The standard InChI is InChI=1S/C14H10N2O5/c17-14-8-5-11(9-13(14)16(20)21)2-1-10-3-6-12(7-4-10)15(18)19/h1-9,17H. The van der Waals surface area contributed by atoms with E-state index in [0.29, 0.717) is 5.56 Å². The van der Waals surface area contributed by atoms with Crippen molar-refractivity contribution in [1.82, 2.24) is 0 Å². The number of rotatable bonds is 4. The van der Waals surface area contributed by atoms with Gasteiger partial charge in [0.2, 0.25) is 0 Å². The van der Waals surface area contributed by atoms with E-state index in [0.717, 1.165) is 5.56 Å². The Hall–Kier alpha value is -3.22. The number of benzene rings is 2. The lowest BCUT2D eigenvalue weighted by molar-refractivity contribution is -0.385. The van der Waals surface area contributed by atoms with Crippen LogP contribution in [-0.2, 0) is 0 Å². The number of phenolic OH excluding ortho intramolecular Hbond substituents is 1.